The maximum absolute atomic E-state index is 13.4. The van der Waals surface area contributed by atoms with E-state index in [0.29, 0.717) is 18.2 Å². The highest BCUT2D eigenvalue weighted by molar-refractivity contribution is 5.89. The van der Waals surface area contributed by atoms with Crippen molar-refractivity contribution >= 4 is 11.7 Å². The number of aryl methyl sites for hydroxylation is 1. The summed E-state index contributed by atoms with van der Waals surface area (Å²) in [4.78, 5) is 27.5. The number of amides is 2. The van der Waals surface area contributed by atoms with Gasteiger partial charge in [-0.25, -0.2) is 18.6 Å². The van der Waals surface area contributed by atoms with Gasteiger partial charge in [-0.05, 0) is 18.6 Å². The Kier molecular flexibility index (Phi) is 5.40. The zero-order chi connectivity index (χ0) is 16.8. The lowest BCUT2D eigenvalue weighted by Crippen LogP contribution is -2.34. The van der Waals surface area contributed by atoms with E-state index in [4.69, 9.17) is 0 Å². The molecule has 0 saturated heterocycles. The number of nitrogens with one attached hydrogen (secondary N) is 2. The van der Waals surface area contributed by atoms with Gasteiger partial charge in [-0.15, -0.1) is 0 Å². The van der Waals surface area contributed by atoms with Crippen molar-refractivity contribution in [3.63, 3.8) is 0 Å². The molecule has 1 aromatic heterocycles. The number of benzene rings is 1. The molecule has 2 rings (SSSR count). The van der Waals surface area contributed by atoms with Crippen LogP contribution in [-0.2, 0) is 13.0 Å². The van der Waals surface area contributed by atoms with Crippen molar-refractivity contribution in [3.8, 4) is 0 Å². The molecule has 0 aliphatic heterocycles. The normalized spacial score (nSPS) is 10.4. The molecular weight excluding hydrogens is 306 g/mol. The summed E-state index contributed by atoms with van der Waals surface area (Å²) < 4.78 is 27.5. The number of aromatic nitrogens is 2. The van der Waals surface area contributed by atoms with Crippen LogP contribution in [0.1, 0.15) is 12.6 Å². The number of anilines is 1. The van der Waals surface area contributed by atoms with E-state index in [2.05, 4.69) is 15.6 Å². The van der Waals surface area contributed by atoms with Crippen LogP contribution >= 0.6 is 0 Å². The number of halogens is 2. The minimum Gasteiger partial charge on any atom is -0.336 e. The molecule has 2 aromatic rings. The lowest BCUT2D eigenvalue weighted by atomic mass is 10.3. The maximum Gasteiger partial charge on any atom is 0.319 e. The van der Waals surface area contributed by atoms with Crippen LogP contribution in [0.15, 0.2) is 35.4 Å². The van der Waals surface area contributed by atoms with Crippen LogP contribution in [0.2, 0.25) is 0 Å². The predicted molar refractivity (Wildman–Crippen MR) is 81.3 cm³/mol. The standard InChI is InChI=1S/C15H16F2N4O2/c1-2-11-8-14(22)21(9-19-11)6-5-18-15(23)20-13-4-3-10(16)7-12(13)17/h3-4,7-9H,2,5-6H2,1H3,(H2,18,20,23). The fourth-order valence-electron chi connectivity index (χ4n) is 1.87. The second-order valence-corrected chi connectivity index (χ2v) is 4.77. The number of urea groups is 1. The molecular formula is C15H16F2N4O2. The smallest absolute Gasteiger partial charge is 0.319 e. The van der Waals surface area contributed by atoms with Crippen LogP contribution in [0.25, 0.3) is 0 Å². The Morgan fingerprint density at radius 3 is 2.74 bits per heavy atom. The SMILES string of the molecule is CCc1cc(=O)n(CCNC(=O)Nc2ccc(F)cc2F)cn1. The monoisotopic (exact) mass is 322 g/mol. The first-order chi connectivity index (χ1) is 11.0. The van der Waals surface area contributed by atoms with Gasteiger partial charge < -0.3 is 10.6 Å². The lowest BCUT2D eigenvalue weighted by molar-refractivity contribution is 0.251. The Bertz CT molecular complexity index is 761. The van der Waals surface area contributed by atoms with E-state index in [9.17, 15) is 18.4 Å². The summed E-state index contributed by atoms with van der Waals surface area (Å²) in [5.74, 6) is -1.59. The van der Waals surface area contributed by atoms with Crippen LogP contribution in [-0.4, -0.2) is 22.1 Å². The molecule has 23 heavy (non-hydrogen) atoms. The average Bonchev–Trinajstić information content (AvgIpc) is 2.51. The van der Waals surface area contributed by atoms with E-state index in [1.165, 1.54) is 17.0 Å². The molecule has 8 heteroatoms. The van der Waals surface area contributed by atoms with E-state index < -0.39 is 17.7 Å². The first-order valence-corrected chi connectivity index (χ1v) is 7.05. The highest BCUT2D eigenvalue weighted by atomic mass is 19.1. The van der Waals surface area contributed by atoms with Crippen LogP contribution in [0.3, 0.4) is 0 Å². The minimum atomic E-state index is -0.865. The van der Waals surface area contributed by atoms with Gasteiger partial charge in [0.1, 0.15) is 11.6 Å². The van der Waals surface area contributed by atoms with Gasteiger partial charge in [0.15, 0.2) is 0 Å². The van der Waals surface area contributed by atoms with Gasteiger partial charge in [-0.1, -0.05) is 6.92 Å². The predicted octanol–water partition coefficient (Wildman–Crippen LogP) is 1.91. The van der Waals surface area contributed by atoms with E-state index in [1.54, 1.807) is 0 Å². The average molecular weight is 322 g/mol. The van der Waals surface area contributed by atoms with Crippen molar-refractivity contribution in [1.82, 2.24) is 14.9 Å². The highest BCUT2D eigenvalue weighted by Gasteiger charge is 2.07. The van der Waals surface area contributed by atoms with E-state index in [0.717, 1.165) is 12.1 Å². The Labute approximate surface area is 131 Å². The zero-order valence-electron chi connectivity index (χ0n) is 12.5. The molecule has 0 fully saturated rings. The first kappa shape index (κ1) is 16.6. The number of carbonyl (C=O) groups is 1. The molecule has 6 nitrogen and oxygen atoms in total. The Hall–Kier alpha value is -2.77. The molecule has 0 spiro atoms. The first-order valence-electron chi connectivity index (χ1n) is 7.05. The molecule has 1 aromatic carbocycles. The number of carbonyl (C=O) groups excluding carboxylic acids is 1. The second-order valence-electron chi connectivity index (χ2n) is 4.77. The maximum atomic E-state index is 13.4. The van der Waals surface area contributed by atoms with Crippen LogP contribution in [0.4, 0.5) is 19.3 Å². The van der Waals surface area contributed by atoms with Gasteiger partial charge in [0.2, 0.25) is 0 Å². The zero-order valence-corrected chi connectivity index (χ0v) is 12.5. The molecule has 0 unspecified atom stereocenters. The number of nitrogens with zero attached hydrogens (tertiary/aromatic N) is 2. The van der Waals surface area contributed by atoms with Crippen molar-refractivity contribution in [1.29, 1.82) is 0 Å². The quantitative estimate of drug-likeness (QED) is 0.883. The Morgan fingerprint density at radius 1 is 1.30 bits per heavy atom. The van der Waals surface area contributed by atoms with Crippen LogP contribution in [0, 0.1) is 11.6 Å². The van der Waals surface area contributed by atoms with Crippen molar-refractivity contribution in [2.45, 2.75) is 19.9 Å². The molecule has 0 bridgehead atoms. The van der Waals surface area contributed by atoms with E-state index in [-0.39, 0.29) is 24.3 Å². The van der Waals surface area contributed by atoms with Gasteiger partial charge in [0.25, 0.3) is 5.56 Å². The molecule has 2 N–H and O–H groups in total. The Morgan fingerprint density at radius 2 is 2.09 bits per heavy atom. The highest BCUT2D eigenvalue weighted by Crippen LogP contribution is 2.14. The van der Waals surface area contributed by atoms with Crippen molar-refractivity contribution in [2.24, 2.45) is 0 Å². The van der Waals surface area contributed by atoms with Gasteiger partial charge in [-0.3, -0.25) is 9.36 Å². The summed E-state index contributed by atoms with van der Waals surface area (Å²) >= 11 is 0. The second kappa shape index (κ2) is 7.48. The van der Waals surface area contributed by atoms with Gasteiger partial charge in [-0.2, -0.15) is 0 Å². The molecule has 122 valence electrons. The van der Waals surface area contributed by atoms with Gasteiger partial charge in [0, 0.05) is 30.9 Å². The third-order valence-corrected chi connectivity index (χ3v) is 3.12. The molecule has 2 amide bonds. The molecule has 0 atom stereocenters. The largest absolute Gasteiger partial charge is 0.336 e. The summed E-state index contributed by atoms with van der Waals surface area (Å²) in [5, 5.41) is 4.74. The summed E-state index contributed by atoms with van der Waals surface area (Å²) in [5.41, 5.74) is 0.363. The number of hydrogen-bond acceptors (Lipinski definition) is 3. The van der Waals surface area contributed by atoms with E-state index in [1.807, 2.05) is 6.92 Å². The molecule has 0 aliphatic rings. The van der Waals surface area contributed by atoms with Crippen molar-refractivity contribution in [2.75, 3.05) is 11.9 Å². The molecule has 0 aliphatic carbocycles. The molecule has 0 saturated carbocycles. The number of hydrogen-bond donors (Lipinski definition) is 2. The lowest BCUT2D eigenvalue weighted by Gasteiger charge is -2.09. The molecule has 0 radical (unpaired) electrons. The number of rotatable bonds is 5. The topological polar surface area (TPSA) is 76.0 Å². The summed E-state index contributed by atoms with van der Waals surface area (Å²) in [6.45, 7) is 2.28. The minimum absolute atomic E-state index is 0.130. The molecule has 1 heterocycles. The van der Waals surface area contributed by atoms with Crippen LogP contribution in [0.5, 0.6) is 0 Å². The van der Waals surface area contributed by atoms with E-state index >= 15 is 0 Å². The van der Waals surface area contributed by atoms with Crippen LogP contribution < -0.4 is 16.2 Å². The van der Waals surface area contributed by atoms with Crippen molar-refractivity contribution in [3.05, 3.63) is 58.3 Å². The third kappa shape index (κ3) is 4.60. The summed E-state index contributed by atoms with van der Waals surface area (Å²) in [7, 11) is 0. The Balaban J connectivity index is 1.86. The summed E-state index contributed by atoms with van der Waals surface area (Å²) in [6, 6.07) is 3.63. The fraction of sp³-hybridized carbons (Fsp3) is 0.267. The summed E-state index contributed by atoms with van der Waals surface area (Å²) in [6.07, 6.45) is 2.08. The van der Waals surface area contributed by atoms with Gasteiger partial charge >= 0.3 is 6.03 Å². The fourth-order valence-corrected chi connectivity index (χ4v) is 1.87. The third-order valence-electron chi connectivity index (χ3n) is 3.12. The van der Waals surface area contributed by atoms with Crippen molar-refractivity contribution < 1.29 is 13.6 Å². The van der Waals surface area contributed by atoms with Gasteiger partial charge in [0.05, 0.1) is 12.0 Å².